The van der Waals surface area contributed by atoms with Gasteiger partial charge in [-0.3, -0.25) is 4.79 Å². The standard InChI is InChI=1S/C9H8ClN5O/c1-11-9(16)6-2-3-15(14-6)8-4-7(10)12-5-13-8/h2-5H,1H3,(H,11,16). The first kappa shape index (κ1) is 10.6. The molecular formula is C9H8ClN5O. The lowest BCUT2D eigenvalue weighted by molar-refractivity contribution is 0.0957. The number of nitrogens with one attached hydrogen (secondary N) is 1. The summed E-state index contributed by atoms with van der Waals surface area (Å²) in [6.07, 6.45) is 2.96. The number of carbonyl (C=O) groups is 1. The van der Waals surface area contributed by atoms with Gasteiger partial charge < -0.3 is 5.32 Å². The van der Waals surface area contributed by atoms with Gasteiger partial charge in [0.25, 0.3) is 5.91 Å². The van der Waals surface area contributed by atoms with E-state index in [0.29, 0.717) is 16.7 Å². The molecule has 2 rings (SSSR count). The fraction of sp³-hybridized carbons (Fsp3) is 0.111. The van der Waals surface area contributed by atoms with Crippen molar-refractivity contribution in [1.29, 1.82) is 0 Å². The van der Waals surface area contributed by atoms with Crippen LogP contribution in [0.4, 0.5) is 0 Å². The number of hydrogen-bond donors (Lipinski definition) is 1. The van der Waals surface area contributed by atoms with Gasteiger partial charge in [0.05, 0.1) is 0 Å². The molecule has 0 aliphatic rings. The number of hydrogen-bond acceptors (Lipinski definition) is 4. The molecule has 2 heterocycles. The highest BCUT2D eigenvalue weighted by Gasteiger charge is 2.08. The fourth-order valence-electron chi connectivity index (χ4n) is 1.15. The molecule has 1 N–H and O–H groups in total. The molecule has 7 heteroatoms. The van der Waals surface area contributed by atoms with Crippen molar-refractivity contribution in [2.24, 2.45) is 0 Å². The van der Waals surface area contributed by atoms with E-state index in [1.165, 1.54) is 11.0 Å². The largest absolute Gasteiger partial charge is 0.354 e. The summed E-state index contributed by atoms with van der Waals surface area (Å²) in [6, 6.07) is 3.15. The van der Waals surface area contributed by atoms with E-state index in [0.717, 1.165) is 0 Å². The second-order valence-electron chi connectivity index (χ2n) is 2.92. The predicted molar refractivity (Wildman–Crippen MR) is 57.6 cm³/mol. The van der Waals surface area contributed by atoms with Crippen LogP contribution in [-0.2, 0) is 0 Å². The fourth-order valence-corrected chi connectivity index (χ4v) is 1.29. The first-order valence-corrected chi connectivity index (χ1v) is 4.84. The number of nitrogens with zero attached hydrogens (tertiary/aromatic N) is 4. The minimum absolute atomic E-state index is 0.251. The molecule has 2 aromatic heterocycles. The molecule has 0 spiro atoms. The van der Waals surface area contributed by atoms with Crippen LogP contribution in [0.3, 0.4) is 0 Å². The molecule has 0 saturated carbocycles. The van der Waals surface area contributed by atoms with Gasteiger partial charge in [-0.05, 0) is 6.07 Å². The van der Waals surface area contributed by atoms with Crippen molar-refractivity contribution in [1.82, 2.24) is 25.1 Å². The number of aromatic nitrogens is 4. The summed E-state index contributed by atoms with van der Waals surface area (Å²) >= 11 is 5.72. The maximum Gasteiger partial charge on any atom is 0.271 e. The van der Waals surface area contributed by atoms with E-state index in [2.05, 4.69) is 20.4 Å². The molecule has 0 bridgehead atoms. The molecule has 6 nitrogen and oxygen atoms in total. The van der Waals surface area contributed by atoms with E-state index in [1.54, 1.807) is 25.4 Å². The van der Waals surface area contributed by atoms with Crippen LogP contribution in [0, 0.1) is 0 Å². The quantitative estimate of drug-likeness (QED) is 0.780. The molecule has 0 unspecified atom stereocenters. The third kappa shape index (κ3) is 2.01. The summed E-state index contributed by atoms with van der Waals surface area (Å²) in [4.78, 5) is 19.0. The Balaban J connectivity index is 2.35. The highest BCUT2D eigenvalue weighted by atomic mass is 35.5. The van der Waals surface area contributed by atoms with Gasteiger partial charge in [0.1, 0.15) is 11.5 Å². The van der Waals surface area contributed by atoms with E-state index >= 15 is 0 Å². The van der Waals surface area contributed by atoms with Crippen LogP contribution >= 0.6 is 11.6 Å². The van der Waals surface area contributed by atoms with Crippen LogP contribution in [0.2, 0.25) is 5.15 Å². The Morgan fingerprint density at radius 2 is 2.31 bits per heavy atom. The van der Waals surface area contributed by atoms with Crippen LogP contribution < -0.4 is 5.32 Å². The van der Waals surface area contributed by atoms with E-state index in [-0.39, 0.29) is 5.91 Å². The van der Waals surface area contributed by atoms with Gasteiger partial charge >= 0.3 is 0 Å². The summed E-state index contributed by atoms with van der Waals surface area (Å²) in [5, 5.41) is 6.85. The number of amides is 1. The summed E-state index contributed by atoms with van der Waals surface area (Å²) in [5.74, 6) is 0.258. The minimum atomic E-state index is -0.251. The first-order valence-electron chi connectivity index (χ1n) is 4.46. The van der Waals surface area contributed by atoms with E-state index in [4.69, 9.17) is 11.6 Å². The van der Waals surface area contributed by atoms with E-state index in [1.807, 2.05) is 0 Å². The van der Waals surface area contributed by atoms with E-state index < -0.39 is 0 Å². The van der Waals surface area contributed by atoms with Gasteiger partial charge in [-0.2, -0.15) is 5.10 Å². The maximum absolute atomic E-state index is 11.3. The molecule has 0 fully saturated rings. The lowest BCUT2D eigenvalue weighted by Crippen LogP contribution is -2.18. The van der Waals surface area contributed by atoms with Crippen molar-refractivity contribution in [3.8, 4) is 5.82 Å². The van der Waals surface area contributed by atoms with Crippen LogP contribution in [0.25, 0.3) is 5.82 Å². The van der Waals surface area contributed by atoms with Gasteiger partial charge in [0.15, 0.2) is 11.5 Å². The summed E-state index contributed by atoms with van der Waals surface area (Å²) in [7, 11) is 1.54. The molecule has 82 valence electrons. The average Bonchev–Trinajstić information content (AvgIpc) is 2.77. The number of carbonyl (C=O) groups excluding carboxylic acids is 1. The molecule has 2 aromatic rings. The van der Waals surface area contributed by atoms with Crippen molar-refractivity contribution >= 4 is 17.5 Å². The lowest BCUT2D eigenvalue weighted by Gasteiger charge is -1.99. The zero-order valence-corrected chi connectivity index (χ0v) is 9.14. The Bertz CT molecular complexity index is 524. The number of halogens is 1. The first-order chi connectivity index (χ1) is 7.70. The van der Waals surface area contributed by atoms with Crippen molar-refractivity contribution in [3.05, 3.63) is 35.5 Å². The Morgan fingerprint density at radius 3 is 3.00 bits per heavy atom. The van der Waals surface area contributed by atoms with Gasteiger partial charge in [0.2, 0.25) is 0 Å². The molecule has 0 aromatic carbocycles. The summed E-state index contributed by atoms with van der Waals surface area (Å²) in [5.41, 5.74) is 0.317. The molecule has 0 saturated heterocycles. The Labute approximate surface area is 96.3 Å². The van der Waals surface area contributed by atoms with Crippen LogP contribution in [0.15, 0.2) is 24.7 Å². The second-order valence-corrected chi connectivity index (χ2v) is 3.31. The Morgan fingerprint density at radius 1 is 1.50 bits per heavy atom. The molecule has 0 aliphatic carbocycles. The van der Waals surface area contributed by atoms with Crippen LogP contribution in [0.5, 0.6) is 0 Å². The third-order valence-electron chi connectivity index (χ3n) is 1.90. The zero-order valence-electron chi connectivity index (χ0n) is 8.38. The van der Waals surface area contributed by atoms with E-state index in [9.17, 15) is 4.79 Å². The third-order valence-corrected chi connectivity index (χ3v) is 2.11. The normalized spacial score (nSPS) is 10.1. The van der Waals surface area contributed by atoms with Crippen molar-refractivity contribution < 1.29 is 4.79 Å². The van der Waals surface area contributed by atoms with Crippen molar-refractivity contribution in [3.63, 3.8) is 0 Å². The zero-order chi connectivity index (χ0) is 11.5. The minimum Gasteiger partial charge on any atom is -0.354 e. The van der Waals surface area contributed by atoms with Gasteiger partial charge in [-0.1, -0.05) is 11.6 Å². The topological polar surface area (TPSA) is 72.7 Å². The van der Waals surface area contributed by atoms with Gasteiger partial charge in [-0.15, -0.1) is 0 Å². The predicted octanol–water partition coefficient (Wildman–Crippen LogP) is 0.675. The molecule has 1 amide bonds. The lowest BCUT2D eigenvalue weighted by atomic mass is 10.4. The average molecular weight is 238 g/mol. The van der Waals surface area contributed by atoms with Crippen LogP contribution in [0.1, 0.15) is 10.5 Å². The van der Waals surface area contributed by atoms with Crippen molar-refractivity contribution in [2.45, 2.75) is 0 Å². The highest BCUT2D eigenvalue weighted by molar-refractivity contribution is 6.29. The summed E-state index contributed by atoms with van der Waals surface area (Å²) in [6.45, 7) is 0. The highest BCUT2D eigenvalue weighted by Crippen LogP contribution is 2.08. The molecule has 0 aliphatic heterocycles. The Hall–Kier alpha value is -1.95. The molecule has 16 heavy (non-hydrogen) atoms. The Kier molecular flexibility index (Phi) is 2.82. The summed E-state index contributed by atoms with van der Waals surface area (Å²) < 4.78 is 1.46. The molecule has 0 atom stereocenters. The van der Waals surface area contributed by atoms with Gasteiger partial charge in [0, 0.05) is 19.3 Å². The van der Waals surface area contributed by atoms with Gasteiger partial charge in [-0.25, -0.2) is 14.6 Å². The molecule has 0 radical (unpaired) electrons. The second kappa shape index (κ2) is 4.28. The smallest absolute Gasteiger partial charge is 0.271 e. The molecular weight excluding hydrogens is 230 g/mol. The maximum atomic E-state index is 11.3. The van der Waals surface area contributed by atoms with Crippen LogP contribution in [-0.4, -0.2) is 32.7 Å². The van der Waals surface area contributed by atoms with Crippen molar-refractivity contribution in [2.75, 3.05) is 7.05 Å². The SMILES string of the molecule is CNC(=O)c1ccn(-c2cc(Cl)ncn2)n1. The monoisotopic (exact) mass is 237 g/mol. The number of rotatable bonds is 2.